The van der Waals surface area contributed by atoms with E-state index in [9.17, 15) is 0 Å². The lowest BCUT2D eigenvalue weighted by atomic mass is 9.98. The van der Waals surface area contributed by atoms with Gasteiger partial charge in [0.05, 0.1) is 11.0 Å². The van der Waals surface area contributed by atoms with Gasteiger partial charge in [-0.25, -0.2) is 0 Å². The zero-order valence-corrected chi connectivity index (χ0v) is 30.7. The molecule has 0 aliphatic heterocycles. The molecule has 1 aromatic heterocycles. The molecule has 11 aromatic rings. The van der Waals surface area contributed by atoms with Crippen LogP contribution in [0.2, 0.25) is 0 Å². The highest BCUT2D eigenvalue weighted by Gasteiger charge is 2.18. The van der Waals surface area contributed by atoms with Crippen LogP contribution in [-0.4, -0.2) is 4.57 Å². The minimum atomic E-state index is 1.10. The van der Waals surface area contributed by atoms with Gasteiger partial charge in [-0.05, 0) is 115 Å². The van der Waals surface area contributed by atoms with E-state index in [4.69, 9.17) is 0 Å². The summed E-state index contributed by atoms with van der Waals surface area (Å²) in [6.45, 7) is 0. The van der Waals surface area contributed by atoms with Crippen LogP contribution in [0.5, 0.6) is 0 Å². The molecule has 262 valence electrons. The first-order chi connectivity index (χ1) is 27.8. The maximum atomic E-state index is 2.42. The van der Waals surface area contributed by atoms with E-state index in [1.807, 2.05) is 0 Å². The number of benzene rings is 10. The van der Waals surface area contributed by atoms with Crippen LogP contribution in [0.25, 0.3) is 82.1 Å². The van der Waals surface area contributed by atoms with Crippen LogP contribution in [0.3, 0.4) is 0 Å². The third kappa shape index (κ3) is 5.34. The number of nitrogens with zero attached hydrogens (tertiary/aromatic N) is 2. The van der Waals surface area contributed by atoms with Crippen molar-refractivity contribution in [3.63, 3.8) is 0 Å². The van der Waals surface area contributed by atoms with E-state index in [-0.39, 0.29) is 0 Å². The predicted octanol–water partition coefficient (Wildman–Crippen LogP) is 15.0. The number of anilines is 3. The zero-order chi connectivity index (χ0) is 37.0. The Hall–Kier alpha value is -7.42. The summed E-state index contributed by atoms with van der Waals surface area (Å²) in [5.74, 6) is 0. The van der Waals surface area contributed by atoms with Crippen molar-refractivity contribution < 1.29 is 0 Å². The second-order valence-electron chi connectivity index (χ2n) is 14.6. The summed E-state index contributed by atoms with van der Waals surface area (Å²) in [5.41, 5.74) is 11.7. The second kappa shape index (κ2) is 13.2. The lowest BCUT2D eigenvalue weighted by Gasteiger charge is -2.26. The number of hydrogen-bond donors (Lipinski definition) is 0. The van der Waals surface area contributed by atoms with Crippen LogP contribution < -0.4 is 4.90 Å². The van der Waals surface area contributed by atoms with Gasteiger partial charge in [0.15, 0.2) is 0 Å². The molecule has 0 amide bonds. The van der Waals surface area contributed by atoms with Crippen LogP contribution in [0, 0.1) is 0 Å². The summed E-state index contributed by atoms with van der Waals surface area (Å²) in [6.07, 6.45) is 0. The highest BCUT2D eigenvalue weighted by molar-refractivity contribution is 6.16. The zero-order valence-electron chi connectivity index (χ0n) is 30.7. The van der Waals surface area contributed by atoms with Crippen molar-refractivity contribution in [3.05, 3.63) is 218 Å². The fourth-order valence-corrected chi connectivity index (χ4v) is 8.66. The third-order valence-electron chi connectivity index (χ3n) is 11.3. The van der Waals surface area contributed by atoms with E-state index in [2.05, 4.69) is 228 Å². The molecule has 10 aromatic carbocycles. The summed E-state index contributed by atoms with van der Waals surface area (Å²) in [6, 6.07) is 79.5. The van der Waals surface area contributed by atoms with E-state index in [0.717, 1.165) is 17.1 Å². The van der Waals surface area contributed by atoms with Crippen molar-refractivity contribution >= 4 is 71.2 Å². The molecule has 11 rings (SSSR count). The van der Waals surface area contributed by atoms with Gasteiger partial charge < -0.3 is 9.47 Å². The number of aromatic nitrogens is 1. The Morgan fingerprint density at radius 1 is 0.304 bits per heavy atom. The molecule has 2 heteroatoms. The Labute approximate surface area is 325 Å². The van der Waals surface area contributed by atoms with Gasteiger partial charge in [-0.2, -0.15) is 0 Å². The normalized spacial score (nSPS) is 11.6. The van der Waals surface area contributed by atoms with E-state index in [0.29, 0.717) is 0 Å². The average Bonchev–Trinajstić information content (AvgIpc) is 3.62. The van der Waals surface area contributed by atoms with Gasteiger partial charge in [0.2, 0.25) is 0 Å². The third-order valence-corrected chi connectivity index (χ3v) is 11.3. The van der Waals surface area contributed by atoms with Crippen molar-refractivity contribution in [3.8, 4) is 27.9 Å². The first kappa shape index (κ1) is 32.0. The van der Waals surface area contributed by atoms with E-state index >= 15 is 0 Å². The summed E-state index contributed by atoms with van der Waals surface area (Å²) >= 11 is 0. The Bertz CT molecular complexity index is 3230. The molecule has 0 saturated heterocycles. The van der Waals surface area contributed by atoms with Crippen LogP contribution in [-0.2, 0) is 0 Å². The molecule has 0 fully saturated rings. The molecule has 0 unspecified atom stereocenters. The minimum absolute atomic E-state index is 1.10. The Morgan fingerprint density at radius 3 is 1.68 bits per heavy atom. The summed E-state index contributed by atoms with van der Waals surface area (Å²) in [4.78, 5) is 2.37. The smallest absolute Gasteiger partial charge is 0.0547 e. The largest absolute Gasteiger partial charge is 0.310 e. The maximum Gasteiger partial charge on any atom is 0.0547 e. The van der Waals surface area contributed by atoms with Crippen LogP contribution >= 0.6 is 0 Å². The molecule has 0 aliphatic rings. The SMILES string of the molecule is c1ccc(-c2ccc(N(c3ccc(-c4cccc5c4c4ccccc4n5-c4ccc5ccccc5c4)cc3)c3ccc4c(ccc5ccccc54)c3)cc2)cc1. The van der Waals surface area contributed by atoms with E-state index in [1.54, 1.807) is 0 Å². The van der Waals surface area contributed by atoms with Gasteiger partial charge in [-0.3, -0.25) is 0 Å². The number of rotatable bonds is 6. The van der Waals surface area contributed by atoms with Gasteiger partial charge >= 0.3 is 0 Å². The Morgan fingerprint density at radius 2 is 0.875 bits per heavy atom. The molecule has 56 heavy (non-hydrogen) atoms. The quantitative estimate of drug-likeness (QED) is 0.156. The maximum absolute atomic E-state index is 2.42. The van der Waals surface area contributed by atoms with Crippen molar-refractivity contribution in [2.75, 3.05) is 4.90 Å². The van der Waals surface area contributed by atoms with Crippen LogP contribution in [0.1, 0.15) is 0 Å². The van der Waals surface area contributed by atoms with Crippen molar-refractivity contribution in [2.45, 2.75) is 0 Å². The monoisotopic (exact) mass is 712 g/mol. The van der Waals surface area contributed by atoms with E-state index in [1.165, 1.54) is 82.1 Å². The molecule has 2 nitrogen and oxygen atoms in total. The topological polar surface area (TPSA) is 8.17 Å². The number of hydrogen-bond acceptors (Lipinski definition) is 1. The highest BCUT2D eigenvalue weighted by Crippen LogP contribution is 2.42. The molecule has 0 atom stereocenters. The molecule has 1 heterocycles. The lowest BCUT2D eigenvalue weighted by Crippen LogP contribution is -2.09. The Kier molecular flexibility index (Phi) is 7.53. The average molecular weight is 713 g/mol. The molecular weight excluding hydrogens is 677 g/mol. The minimum Gasteiger partial charge on any atom is -0.310 e. The predicted molar refractivity (Wildman–Crippen MR) is 239 cm³/mol. The van der Waals surface area contributed by atoms with Crippen molar-refractivity contribution in [1.29, 1.82) is 0 Å². The van der Waals surface area contributed by atoms with Crippen molar-refractivity contribution in [2.24, 2.45) is 0 Å². The lowest BCUT2D eigenvalue weighted by molar-refractivity contribution is 1.19. The van der Waals surface area contributed by atoms with Gasteiger partial charge in [0, 0.05) is 33.5 Å². The fourth-order valence-electron chi connectivity index (χ4n) is 8.66. The fraction of sp³-hybridized carbons (Fsp3) is 0. The standard InChI is InChI=1S/C54H36N2/c1-2-11-37(12-3-1)39-23-28-44(29-24-39)55(46-33-34-49-43(36-46)22-21-40-14-6-7-16-48(40)49)45-30-26-41(27-31-45)50-18-10-20-53-54(50)51-17-8-9-19-52(51)56(53)47-32-25-38-13-4-5-15-42(38)35-47/h1-36H. The molecular formula is C54H36N2. The summed E-state index contributed by atoms with van der Waals surface area (Å²) in [5, 5.41) is 10.0. The first-order valence-electron chi connectivity index (χ1n) is 19.3. The van der Waals surface area contributed by atoms with E-state index < -0.39 is 0 Å². The molecule has 0 bridgehead atoms. The summed E-state index contributed by atoms with van der Waals surface area (Å²) < 4.78 is 2.42. The van der Waals surface area contributed by atoms with Crippen LogP contribution in [0.4, 0.5) is 17.1 Å². The summed E-state index contributed by atoms with van der Waals surface area (Å²) in [7, 11) is 0. The second-order valence-corrected chi connectivity index (χ2v) is 14.6. The number of para-hydroxylation sites is 1. The van der Waals surface area contributed by atoms with Crippen molar-refractivity contribution in [1.82, 2.24) is 4.57 Å². The molecule has 0 radical (unpaired) electrons. The van der Waals surface area contributed by atoms with Gasteiger partial charge in [-0.15, -0.1) is 0 Å². The molecule has 0 saturated carbocycles. The Balaban J connectivity index is 1.04. The first-order valence-corrected chi connectivity index (χ1v) is 19.3. The highest BCUT2D eigenvalue weighted by atomic mass is 15.1. The molecule has 0 N–H and O–H groups in total. The van der Waals surface area contributed by atoms with Gasteiger partial charge in [-0.1, -0.05) is 158 Å². The van der Waals surface area contributed by atoms with Crippen LogP contribution in [0.15, 0.2) is 218 Å². The molecule has 0 aliphatic carbocycles. The molecule has 0 spiro atoms. The van der Waals surface area contributed by atoms with Gasteiger partial charge in [0.25, 0.3) is 0 Å². The number of fused-ring (bicyclic) bond motifs is 7. The van der Waals surface area contributed by atoms with Gasteiger partial charge in [0.1, 0.15) is 0 Å².